The first-order chi connectivity index (χ1) is 14.4. The summed E-state index contributed by atoms with van der Waals surface area (Å²) >= 11 is 0. The Balaban J connectivity index is 1.91. The van der Waals surface area contributed by atoms with Crippen LogP contribution in [-0.4, -0.2) is 45.0 Å². The van der Waals surface area contributed by atoms with Gasteiger partial charge in [0.05, 0.1) is 31.9 Å². The predicted molar refractivity (Wildman–Crippen MR) is 118 cm³/mol. The van der Waals surface area contributed by atoms with Crippen molar-refractivity contribution in [2.45, 2.75) is 19.8 Å². The average molecular weight is 409 g/mol. The predicted octanol–water partition coefficient (Wildman–Crippen LogP) is 3.52. The molecule has 0 aromatic heterocycles. The molecule has 0 unspecified atom stereocenters. The molecular weight excluding hydrogens is 382 g/mol. The van der Waals surface area contributed by atoms with E-state index >= 15 is 0 Å². The topological polar surface area (TPSA) is 79.9 Å². The van der Waals surface area contributed by atoms with E-state index in [9.17, 15) is 9.59 Å². The van der Waals surface area contributed by atoms with Crippen LogP contribution in [0.5, 0.6) is 11.5 Å². The Morgan fingerprint density at radius 2 is 1.70 bits per heavy atom. The van der Waals surface area contributed by atoms with Crippen LogP contribution in [0.1, 0.15) is 24.5 Å². The van der Waals surface area contributed by atoms with Crippen molar-refractivity contribution in [3.8, 4) is 11.5 Å². The van der Waals surface area contributed by atoms with E-state index in [1.807, 2.05) is 37.3 Å². The minimum atomic E-state index is -0.169. The molecule has 3 rings (SSSR count). The van der Waals surface area contributed by atoms with E-state index in [1.54, 1.807) is 39.3 Å². The van der Waals surface area contributed by atoms with E-state index in [4.69, 9.17) is 9.47 Å². The van der Waals surface area contributed by atoms with E-state index in [-0.39, 0.29) is 11.8 Å². The van der Waals surface area contributed by atoms with Gasteiger partial charge in [-0.05, 0) is 30.2 Å². The number of nitrogens with zero attached hydrogens (tertiary/aromatic N) is 1. The summed E-state index contributed by atoms with van der Waals surface area (Å²) in [6, 6.07) is 11.2. The molecule has 0 saturated heterocycles. The standard InChI is InChI=1S/C23H27N3O4/c1-6-17(24-15-9-7-14(8-10-15)11-21(27)26(2)3)22-16-12-19(29-4)20(30-5)13-18(16)25-23(22)28/h7-10,12-13,24H,6,11H2,1-5H3,(H,25,28). The van der Waals surface area contributed by atoms with E-state index in [1.165, 1.54) is 0 Å². The maximum atomic E-state index is 12.7. The summed E-state index contributed by atoms with van der Waals surface area (Å²) in [6.07, 6.45) is 0.990. The molecule has 1 aliphatic rings. The molecule has 2 amide bonds. The number of methoxy groups -OCH3 is 2. The lowest BCUT2D eigenvalue weighted by Gasteiger charge is -2.14. The van der Waals surface area contributed by atoms with Crippen LogP contribution < -0.4 is 20.1 Å². The summed E-state index contributed by atoms with van der Waals surface area (Å²) in [6.45, 7) is 1.99. The molecule has 0 spiro atoms. The molecule has 1 aliphatic heterocycles. The van der Waals surface area contributed by atoms with Crippen LogP contribution in [-0.2, 0) is 16.0 Å². The van der Waals surface area contributed by atoms with Gasteiger partial charge in [0, 0.05) is 37.1 Å². The first kappa shape index (κ1) is 21.2. The number of amides is 2. The van der Waals surface area contributed by atoms with E-state index in [0.717, 1.165) is 22.5 Å². The average Bonchev–Trinajstić information content (AvgIpc) is 3.06. The highest BCUT2D eigenvalue weighted by atomic mass is 16.5. The van der Waals surface area contributed by atoms with Crippen molar-refractivity contribution in [2.75, 3.05) is 38.9 Å². The van der Waals surface area contributed by atoms with Crippen LogP contribution in [0.2, 0.25) is 0 Å². The summed E-state index contributed by atoms with van der Waals surface area (Å²) in [5.41, 5.74) is 4.64. The molecule has 0 fully saturated rings. The smallest absolute Gasteiger partial charge is 0.258 e. The van der Waals surface area contributed by atoms with Gasteiger partial charge >= 0.3 is 0 Å². The quantitative estimate of drug-likeness (QED) is 0.684. The van der Waals surface area contributed by atoms with Crippen molar-refractivity contribution >= 4 is 28.8 Å². The summed E-state index contributed by atoms with van der Waals surface area (Å²) in [4.78, 5) is 26.2. The first-order valence-corrected chi connectivity index (χ1v) is 9.74. The van der Waals surface area contributed by atoms with E-state index in [0.29, 0.717) is 35.6 Å². The SMILES string of the molecule is CCC(Nc1ccc(CC(=O)N(C)C)cc1)=C1C(=O)Nc2cc(OC)c(OC)cc21. The molecule has 0 radical (unpaired) electrons. The molecule has 0 aliphatic carbocycles. The van der Waals surface area contributed by atoms with Crippen LogP contribution >= 0.6 is 0 Å². The molecule has 2 N–H and O–H groups in total. The number of rotatable bonds is 7. The Morgan fingerprint density at radius 3 is 2.27 bits per heavy atom. The molecule has 7 nitrogen and oxygen atoms in total. The van der Waals surface area contributed by atoms with Crippen molar-refractivity contribution in [1.82, 2.24) is 4.90 Å². The molecule has 7 heteroatoms. The summed E-state index contributed by atoms with van der Waals surface area (Å²) in [7, 11) is 6.62. The van der Waals surface area contributed by atoms with Crippen molar-refractivity contribution in [1.29, 1.82) is 0 Å². The van der Waals surface area contributed by atoms with Crippen LogP contribution in [0.3, 0.4) is 0 Å². The second-order valence-corrected chi connectivity index (χ2v) is 7.20. The Morgan fingerprint density at radius 1 is 1.07 bits per heavy atom. The first-order valence-electron chi connectivity index (χ1n) is 9.74. The lowest BCUT2D eigenvalue weighted by molar-refractivity contribution is -0.128. The zero-order chi connectivity index (χ0) is 21.8. The maximum absolute atomic E-state index is 12.7. The molecule has 0 atom stereocenters. The largest absolute Gasteiger partial charge is 0.493 e. The third-order valence-electron chi connectivity index (χ3n) is 5.03. The molecule has 158 valence electrons. The van der Waals surface area contributed by atoms with Gasteiger partial charge in [0.15, 0.2) is 11.5 Å². The number of benzene rings is 2. The van der Waals surface area contributed by atoms with Gasteiger partial charge in [0.1, 0.15) is 0 Å². The molecule has 30 heavy (non-hydrogen) atoms. The summed E-state index contributed by atoms with van der Waals surface area (Å²) in [5.74, 6) is 1.01. The van der Waals surface area contributed by atoms with E-state index in [2.05, 4.69) is 10.6 Å². The Bertz CT molecular complexity index is 994. The minimum absolute atomic E-state index is 0.0516. The second kappa shape index (κ2) is 8.90. The fourth-order valence-electron chi connectivity index (χ4n) is 3.34. The highest BCUT2D eigenvalue weighted by Crippen LogP contribution is 2.42. The number of carbonyl (C=O) groups excluding carboxylic acids is 2. The highest BCUT2D eigenvalue weighted by Gasteiger charge is 2.29. The Labute approximate surface area is 176 Å². The van der Waals surface area contributed by atoms with Gasteiger partial charge in [-0.1, -0.05) is 19.1 Å². The molecule has 1 heterocycles. The molecule has 2 aromatic rings. The molecule has 2 aromatic carbocycles. The number of hydrogen-bond acceptors (Lipinski definition) is 5. The number of carbonyl (C=O) groups is 2. The zero-order valence-electron chi connectivity index (χ0n) is 18.0. The normalized spacial score (nSPS) is 14.0. The van der Waals surface area contributed by atoms with Gasteiger partial charge in [-0.2, -0.15) is 0 Å². The lowest BCUT2D eigenvalue weighted by atomic mass is 10.0. The maximum Gasteiger partial charge on any atom is 0.258 e. The Hall–Kier alpha value is -3.48. The number of allylic oxidation sites excluding steroid dienone is 1. The van der Waals surface area contributed by atoms with Gasteiger partial charge in [0.2, 0.25) is 5.91 Å². The Kier molecular flexibility index (Phi) is 6.30. The number of likely N-dealkylation sites (N-methyl/N-ethyl adjacent to an activating group) is 1. The molecule has 0 saturated carbocycles. The van der Waals surface area contributed by atoms with Crippen molar-refractivity contribution in [2.24, 2.45) is 0 Å². The van der Waals surface area contributed by atoms with E-state index < -0.39 is 0 Å². The zero-order valence-corrected chi connectivity index (χ0v) is 18.0. The van der Waals surface area contributed by atoms with Gasteiger partial charge < -0.3 is 25.0 Å². The fraction of sp³-hybridized carbons (Fsp3) is 0.304. The van der Waals surface area contributed by atoms with Crippen molar-refractivity contribution in [3.63, 3.8) is 0 Å². The third kappa shape index (κ3) is 4.25. The van der Waals surface area contributed by atoms with Crippen LogP contribution in [0.25, 0.3) is 5.57 Å². The van der Waals surface area contributed by atoms with Crippen LogP contribution in [0.4, 0.5) is 11.4 Å². The number of fused-ring (bicyclic) bond motifs is 1. The van der Waals surface area contributed by atoms with Crippen molar-refractivity contribution in [3.05, 3.63) is 53.2 Å². The van der Waals surface area contributed by atoms with Crippen molar-refractivity contribution < 1.29 is 19.1 Å². The van der Waals surface area contributed by atoms with Gasteiger partial charge in [-0.3, -0.25) is 9.59 Å². The lowest BCUT2D eigenvalue weighted by Crippen LogP contribution is -2.23. The summed E-state index contributed by atoms with van der Waals surface area (Å²) < 4.78 is 10.7. The number of ether oxygens (including phenoxy) is 2. The van der Waals surface area contributed by atoms with Gasteiger partial charge in [-0.15, -0.1) is 0 Å². The molecule has 0 bridgehead atoms. The van der Waals surface area contributed by atoms with Crippen LogP contribution in [0.15, 0.2) is 42.1 Å². The minimum Gasteiger partial charge on any atom is -0.493 e. The number of hydrogen-bond donors (Lipinski definition) is 2. The fourth-order valence-corrected chi connectivity index (χ4v) is 3.34. The van der Waals surface area contributed by atoms with Crippen LogP contribution in [0, 0.1) is 0 Å². The van der Waals surface area contributed by atoms with Gasteiger partial charge in [0.25, 0.3) is 5.91 Å². The monoisotopic (exact) mass is 409 g/mol. The second-order valence-electron chi connectivity index (χ2n) is 7.20. The number of anilines is 2. The summed E-state index contributed by atoms with van der Waals surface area (Å²) in [5, 5.41) is 6.26. The molecular formula is C23H27N3O4. The van der Waals surface area contributed by atoms with Gasteiger partial charge in [-0.25, -0.2) is 0 Å². The highest BCUT2D eigenvalue weighted by molar-refractivity contribution is 6.32. The third-order valence-corrected chi connectivity index (χ3v) is 5.03. The number of nitrogens with one attached hydrogen (secondary N) is 2.